The lowest BCUT2D eigenvalue weighted by Crippen LogP contribution is -2.61. The Labute approximate surface area is 446 Å². The molecule has 2 saturated heterocycles. The maximum absolute atomic E-state index is 14.9. The number of aliphatic hydroxyl groups is 3. The van der Waals surface area contributed by atoms with E-state index in [0.29, 0.717) is 28.8 Å². The summed E-state index contributed by atoms with van der Waals surface area (Å²) in [5.41, 5.74) is 2.23. The molecule has 27 heteroatoms. The van der Waals surface area contributed by atoms with Gasteiger partial charge >= 0.3 is 0 Å². The molecule has 0 bridgehead atoms. The van der Waals surface area contributed by atoms with E-state index in [1.165, 1.54) is 6.92 Å². The average Bonchev–Trinajstić information content (AvgIpc) is 3.99. The molecule has 11 atom stereocenters. The van der Waals surface area contributed by atoms with Gasteiger partial charge in [-0.25, -0.2) is 0 Å². The summed E-state index contributed by atoms with van der Waals surface area (Å²) in [6.45, 7) is 4.39. The Morgan fingerprint density at radius 1 is 0.792 bits per heavy atom. The molecule has 3 heterocycles. The van der Waals surface area contributed by atoms with Crippen LogP contribution < -0.4 is 53.2 Å². The lowest BCUT2D eigenvalue weighted by molar-refractivity contribution is -0.144. The van der Waals surface area contributed by atoms with E-state index in [0.717, 1.165) is 10.3 Å². The number of aromatic amines is 1. The van der Waals surface area contributed by atoms with Crippen LogP contribution in [0.25, 0.3) is 10.9 Å². The monoisotopic (exact) mass is 1090 g/mol. The number of benzene rings is 2. The van der Waals surface area contributed by atoms with Gasteiger partial charge in [-0.05, 0) is 56.1 Å². The summed E-state index contributed by atoms with van der Waals surface area (Å²) in [7, 11) is -0.452. The van der Waals surface area contributed by atoms with Gasteiger partial charge in [-0.2, -0.15) is 0 Å². The highest BCUT2D eigenvalue weighted by Crippen LogP contribution is 2.25. The first-order chi connectivity index (χ1) is 36.5. The number of carbonyl (C=O) groups is 10. The van der Waals surface area contributed by atoms with E-state index in [1.807, 2.05) is 0 Å². The molecule has 1 aromatic heterocycles. The number of fused-ring (bicyclic) bond motifs is 2. The number of hydrogen-bond donors (Lipinski definition) is 14. The molecule has 8 unspecified atom stereocenters. The number of aromatic nitrogens is 1. The van der Waals surface area contributed by atoms with Gasteiger partial charge in [0.25, 0.3) is 0 Å². The molecule has 10 amide bonds. The first kappa shape index (κ1) is 60.5. The summed E-state index contributed by atoms with van der Waals surface area (Å²) in [4.78, 5) is 141. The number of aliphatic hydroxyl groups excluding tert-OH is 3. The molecule has 420 valence electrons. The summed E-state index contributed by atoms with van der Waals surface area (Å²) >= 11 is 0. The van der Waals surface area contributed by atoms with E-state index < -0.39 is 176 Å². The van der Waals surface area contributed by atoms with Gasteiger partial charge in [0.15, 0.2) is 0 Å². The number of likely N-dealkylation sites (N-methyl/N-ethyl adjacent to an activating group) is 1. The van der Waals surface area contributed by atoms with Crippen molar-refractivity contribution in [2.75, 3.05) is 50.9 Å². The molecule has 77 heavy (non-hydrogen) atoms. The summed E-state index contributed by atoms with van der Waals surface area (Å²) in [6.07, 6.45) is -3.84. The van der Waals surface area contributed by atoms with Crippen LogP contribution in [0.4, 0.5) is 5.69 Å². The minimum Gasteiger partial charge on any atom is -0.394 e. The molecule has 0 saturated carbocycles. The molecular weight excluding hydrogens is 1020 g/mol. The average molecular weight is 1100 g/mol. The minimum absolute atomic E-state index is 0.111. The van der Waals surface area contributed by atoms with Crippen molar-refractivity contribution < 1.29 is 67.5 Å². The van der Waals surface area contributed by atoms with Crippen LogP contribution in [-0.2, 0) is 65.3 Å². The molecule has 26 nitrogen and oxygen atoms in total. The Balaban J connectivity index is 1.52. The highest BCUT2D eigenvalue weighted by Gasteiger charge is 2.44. The molecule has 2 aromatic carbocycles. The van der Waals surface area contributed by atoms with Gasteiger partial charge in [0.2, 0.25) is 59.1 Å². The van der Waals surface area contributed by atoms with Gasteiger partial charge in [-0.3, -0.25) is 52.2 Å². The summed E-state index contributed by atoms with van der Waals surface area (Å²) in [6, 6.07) is 4.91. The van der Waals surface area contributed by atoms with Gasteiger partial charge in [0, 0.05) is 42.0 Å². The summed E-state index contributed by atoms with van der Waals surface area (Å²) in [5, 5.41) is 57.5. The van der Waals surface area contributed by atoms with E-state index in [2.05, 4.69) is 58.2 Å². The van der Waals surface area contributed by atoms with E-state index in [4.69, 9.17) is 0 Å². The molecule has 0 aliphatic carbocycles. The van der Waals surface area contributed by atoms with Crippen molar-refractivity contribution in [1.82, 2.24) is 57.7 Å². The fraction of sp³-hybridized carbons (Fsp3) is 0.520. The van der Waals surface area contributed by atoms with Gasteiger partial charge in [-0.1, -0.05) is 57.5 Å². The SMILES string of the molecule is CCC(C)C1NC(=O)CNC(=O)CNC(=O)C([C@@H](C)C(O)CO)NC(=O)C2C[C@@H](O)CN2C(=O)C(CC(=O)NCc2ccc(NC(=O)C(C)NC)cc2)NC(=O)[C@H](CS(=O)c2[nH]c3ccccc3c2C)NC(=O)CNC1=O. The second-order valence-corrected chi connectivity index (χ2v) is 20.6. The number of rotatable bonds is 15. The third-order valence-corrected chi connectivity index (χ3v) is 15.0. The Morgan fingerprint density at radius 2 is 1.43 bits per heavy atom. The third kappa shape index (κ3) is 16.6. The standard InChI is InChI=1S/C50H70N12O14S/c1-7-25(2)42-47(73)55-21-40(68)57-35(24-77(76)49-26(3)32-10-8-9-11-33(32)59-49)45(71)58-34(17-38(66)52-18-29-12-14-30(15-13-29)56-44(70)28(5)51-6)50(75)62-22-31(64)16-36(62)46(72)61-43(27(4)37(65)23-63)48(74)54-19-39(67)53-20-41(69)60-42/h8-15,25,27-28,31,34-37,42-43,51,59,63-65H,7,16-24H2,1-6H3,(H,52,66)(H,53,67)(H,54,74)(H,55,73)(H,56,70)(H,57,68)(H,58,71)(H,60,69)(H,61,72)/t25?,27-,28?,31+,34?,35-,36?,37?,42?,43?,77?/m0/s1. The third-order valence-electron chi connectivity index (χ3n) is 13.5. The largest absolute Gasteiger partial charge is 0.394 e. The molecule has 0 spiro atoms. The fourth-order valence-corrected chi connectivity index (χ4v) is 9.85. The van der Waals surface area contributed by atoms with Crippen LogP contribution in [0.5, 0.6) is 0 Å². The first-order valence-electron chi connectivity index (χ1n) is 25.1. The second-order valence-electron chi connectivity index (χ2n) is 19.1. The van der Waals surface area contributed by atoms with Gasteiger partial charge in [0.05, 0.1) is 67.5 Å². The van der Waals surface area contributed by atoms with Crippen LogP contribution >= 0.6 is 0 Å². The van der Waals surface area contributed by atoms with E-state index in [1.54, 1.807) is 83.3 Å². The normalized spacial score (nSPS) is 23.7. The van der Waals surface area contributed by atoms with Crippen molar-refractivity contribution in [3.8, 4) is 0 Å². The smallest absolute Gasteiger partial charge is 0.246 e. The molecule has 2 fully saturated rings. The second kappa shape index (κ2) is 28.2. The number of hydrogen-bond acceptors (Lipinski definition) is 15. The molecule has 14 N–H and O–H groups in total. The zero-order valence-electron chi connectivity index (χ0n) is 43.7. The van der Waals surface area contributed by atoms with Crippen molar-refractivity contribution in [2.24, 2.45) is 11.8 Å². The van der Waals surface area contributed by atoms with Crippen molar-refractivity contribution in [3.05, 3.63) is 59.7 Å². The number of aryl methyl sites for hydroxylation is 1. The predicted molar refractivity (Wildman–Crippen MR) is 279 cm³/mol. The molecule has 5 rings (SSSR count). The Bertz CT molecular complexity index is 2690. The van der Waals surface area contributed by atoms with Gasteiger partial charge in [-0.15, -0.1) is 0 Å². The quantitative estimate of drug-likeness (QED) is 0.0693. The molecule has 0 radical (unpaired) electrons. The van der Waals surface area contributed by atoms with Crippen LogP contribution in [0.1, 0.15) is 58.1 Å². The highest BCUT2D eigenvalue weighted by molar-refractivity contribution is 7.85. The predicted octanol–water partition coefficient (Wildman–Crippen LogP) is -3.86. The lowest BCUT2D eigenvalue weighted by atomic mass is 9.94. The number of anilines is 1. The van der Waals surface area contributed by atoms with Crippen LogP contribution in [-0.4, -0.2) is 183 Å². The number of amides is 10. The molecular formula is C50H70N12O14S. The van der Waals surface area contributed by atoms with Crippen molar-refractivity contribution in [1.29, 1.82) is 0 Å². The Hall–Kier alpha value is -7.33. The zero-order valence-corrected chi connectivity index (χ0v) is 44.5. The van der Waals surface area contributed by atoms with Crippen LogP contribution in [0.2, 0.25) is 0 Å². The molecule has 2 aliphatic heterocycles. The Morgan fingerprint density at radius 3 is 2.08 bits per heavy atom. The molecule has 3 aromatic rings. The van der Waals surface area contributed by atoms with E-state index in [-0.39, 0.29) is 17.5 Å². The van der Waals surface area contributed by atoms with Gasteiger partial charge < -0.3 is 78.4 Å². The lowest BCUT2D eigenvalue weighted by Gasteiger charge is -2.32. The summed E-state index contributed by atoms with van der Waals surface area (Å²) in [5.74, 6) is -11.3. The number of para-hydroxylation sites is 1. The van der Waals surface area contributed by atoms with Crippen molar-refractivity contribution >= 4 is 86.5 Å². The minimum atomic E-state index is -2.08. The number of nitrogens with zero attached hydrogens (tertiary/aromatic N) is 1. The maximum atomic E-state index is 14.9. The Kier molecular flexibility index (Phi) is 22.1. The first-order valence-corrected chi connectivity index (χ1v) is 26.5. The van der Waals surface area contributed by atoms with Crippen LogP contribution in [0, 0.1) is 18.8 Å². The van der Waals surface area contributed by atoms with Crippen LogP contribution in [0.3, 0.4) is 0 Å². The van der Waals surface area contributed by atoms with E-state index in [9.17, 15) is 67.5 Å². The fourth-order valence-electron chi connectivity index (χ4n) is 8.47. The number of carbonyl (C=O) groups excluding carboxylic acids is 10. The number of H-pyrrole nitrogens is 1. The van der Waals surface area contributed by atoms with Crippen molar-refractivity contribution in [3.63, 3.8) is 0 Å². The van der Waals surface area contributed by atoms with E-state index >= 15 is 0 Å². The summed E-state index contributed by atoms with van der Waals surface area (Å²) < 4.78 is 14.3. The molecule has 2 aliphatic rings. The topological polar surface area (TPSA) is 388 Å². The maximum Gasteiger partial charge on any atom is 0.246 e. The van der Waals surface area contributed by atoms with Crippen LogP contribution in [0.15, 0.2) is 53.6 Å². The number of nitrogens with one attached hydrogen (secondary N) is 11. The van der Waals surface area contributed by atoms with Gasteiger partial charge in [0.1, 0.15) is 35.2 Å². The zero-order chi connectivity index (χ0) is 56.7. The highest BCUT2D eigenvalue weighted by atomic mass is 32.2. The van der Waals surface area contributed by atoms with Crippen molar-refractivity contribution in [2.45, 2.75) is 114 Å².